The van der Waals surface area contributed by atoms with Crippen LogP contribution in [0.3, 0.4) is 0 Å². The van der Waals surface area contributed by atoms with Crippen LogP contribution < -0.4 is 0 Å². The molecule has 0 radical (unpaired) electrons. The number of halogens is 1. The Morgan fingerprint density at radius 1 is 1.29 bits per heavy atom. The van der Waals surface area contributed by atoms with Crippen molar-refractivity contribution in [2.45, 2.75) is 13.8 Å². The summed E-state index contributed by atoms with van der Waals surface area (Å²) in [7, 11) is 1.70. The van der Waals surface area contributed by atoms with Gasteiger partial charge >= 0.3 is 0 Å². The van der Waals surface area contributed by atoms with Crippen LogP contribution in [0.15, 0.2) is 22.8 Å². The van der Waals surface area contributed by atoms with Crippen molar-refractivity contribution >= 4 is 21.7 Å². The molecule has 0 aliphatic rings. The number of nitrogens with zero attached hydrogens (tertiary/aromatic N) is 3. The van der Waals surface area contributed by atoms with E-state index in [0.717, 1.165) is 5.56 Å². The highest BCUT2D eigenvalue weighted by atomic mass is 79.9. The van der Waals surface area contributed by atoms with Gasteiger partial charge in [-0.05, 0) is 47.0 Å². The summed E-state index contributed by atoms with van der Waals surface area (Å²) in [6.07, 6.45) is 0. The van der Waals surface area contributed by atoms with Crippen molar-refractivity contribution in [1.82, 2.24) is 15.0 Å². The lowest BCUT2D eigenvalue weighted by atomic mass is 10.0. The lowest BCUT2D eigenvalue weighted by Crippen LogP contribution is -2.09. The molecule has 17 heavy (non-hydrogen) atoms. The van der Waals surface area contributed by atoms with Crippen LogP contribution in [0.2, 0.25) is 0 Å². The minimum atomic E-state index is -0.0764. The molecule has 0 amide bonds. The average Bonchev–Trinajstić information content (AvgIpc) is 2.62. The van der Waals surface area contributed by atoms with Gasteiger partial charge in [-0.1, -0.05) is 17.3 Å². The van der Waals surface area contributed by atoms with Crippen LogP contribution in [0.5, 0.6) is 0 Å². The highest BCUT2D eigenvalue weighted by molar-refractivity contribution is 9.10. The van der Waals surface area contributed by atoms with Gasteiger partial charge in [-0.3, -0.25) is 4.79 Å². The standard InChI is InChI=1S/C12H12BrN3O/c1-7-4-5-9(6-8(7)2)11(17)10-12(13)14-15-16(10)3/h4-6H,1-3H3. The molecule has 4 nitrogen and oxygen atoms in total. The summed E-state index contributed by atoms with van der Waals surface area (Å²) in [4.78, 5) is 12.3. The van der Waals surface area contributed by atoms with Gasteiger partial charge in [0.1, 0.15) is 5.69 Å². The van der Waals surface area contributed by atoms with E-state index in [9.17, 15) is 4.79 Å². The number of aryl methyl sites for hydroxylation is 3. The second-order valence-electron chi connectivity index (χ2n) is 3.98. The largest absolute Gasteiger partial charge is 0.287 e. The predicted molar refractivity (Wildman–Crippen MR) is 68.1 cm³/mol. The van der Waals surface area contributed by atoms with Gasteiger partial charge in [-0.15, -0.1) is 5.10 Å². The first-order valence-corrected chi connectivity index (χ1v) is 5.97. The number of aromatic nitrogens is 3. The zero-order chi connectivity index (χ0) is 12.6. The van der Waals surface area contributed by atoms with Crippen LogP contribution in [-0.2, 0) is 7.05 Å². The van der Waals surface area contributed by atoms with E-state index >= 15 is 0 Å². The Morgan fingerprint density at radius 2 is 2.00 bits per heavy atom. The van der Waals surface area contributed by atoms with Crippen molar-refractivity contribution < 1.29 is 4.79 Å². The zero-order valence-electron chi connectivity index (χ0n) is 9.86. The summed E-state index contributed by atoms with van der Waals surface area (Å²) in [6, 6.07) is 5.65. The smallest absolute Gasteiger partial charge is 0.213 e. The highest BCUT2D eigenvalue weighted by Crippen LogP contribution is 2.18. The second kappa shape index (κ2) is 4.41. The molecule has 0 saturated carbocycles. The Bertz CT molecular complexity index is 570. The van der Waals surface area contributed by atoms with E-state index in [0.29, 0.717) is 15.9 Å². The summed E-state index contributed by atoms with van der Waals surface area (Å²) < 4.78 is 1.95. The normalized spacial score (nSPS) is 10.6. The molecule has 2 aromatic rings. The van der Waals surface area contributed by atoms with Gasteiger partial charge in [-0.25, -0.2) is 4.68 Å². The maximum absolute atomic E-state index is 12.3. The van der Waals surface area contributed by atoms with Crippen LogP contribution in [0.4, 0.5) is 0 Å². The van der Waals surface area contributed by atoms with E-state index < -0.39 is 0 Å². The molecule has 5 heteroatoms. The van der Waals surface area contributed by atoms with Gasteiger partial charge in [0.2, 0.25) is 5.78 Å². The van der Waals surface area contributed by atoms with Crippen molar-refractivity contribution in [2.24, 2.45) is 7.05 Å². The van der Waals surface area contributed by atoms with Crippen molar-refractivity contribution in [3.05, 3.63) is 45.2 Å². The number of carbonyl (C=O) groups excluding carboxylic acids is 1. The third-order valence-corrected chi connectivity index (χ3v) is 3.30. The fourth-order valence-electron chi connectivity index (χ4n) is 1.59. The van der Waals surface area contributed by atoms with E-state index in [2.05, 4.69) is 26.2 Å². The first kappa shape index (κ1) is 12.0. The monoisotopic (exact) mass is 293 g/mol. The molecule has 0 spiro atoms. The Kier molecular flexibility index (Phi) is 3.11. The molecule has 0 aliphatic heterocycles. The van der Waals surface area contributed by atoms with Gasteiger partial charge in [0.05, 0.1) is 0 Å². The highest BCUT2D eigenvalue weighted by Gasteiger charge is 2.18. The van der Waals surface area contributed by atoms with Gasteiger partial charge in [0, 0.05) is 12.6 Å². The summed E-state index contributed by atoms with van der Waals surface area (Å²) in [5, 5.41) is 7.61. The second-order valence-corrected chi connectivity index (χ2v) is 4.73. The number of carbonyl (C=O) groups is 1. The number of hydrogen-bond acceptors (Lipinski definition) is 3. The van der Waals surface area contributed by atoms with Crippen LogP contribution in [0.1, 0.15) is 27.2 Å². The van der Waals surface area contributed by atoms with Crippen LogP contribution in [0.25, 0.3) is 0 Å². The molecular weight excluding hydrogens is 282 g/mol. The maximum Gasteiger partial charge on any atom is 0.213 e. The zero-order valence-corrected chi connectivity index (χ0v) is 11.4. The fraction of sp³-hybridized carbons (Fsp3) is 0.250. The third kappa shape index (κ3) is 2.15. The quantitative estimate of drug-likeness (QED) is 0.799. The molecule has 0 N–H and O–H groups in total. The van der Waals surface area contributed by atoms with E-state index in [4.69, 9.17) is 0 Å². The third-order valence-electron chi connectivity index (χ3n) is 2.77. The van der Waals surface area contributed by atoms with E-state index in [1.54, 1.807) is 7.05 Å². The summed E-state index contributed by atoms with van der Waals surface area (Å²) in [5.74, 6) is -0.0764. The summed E-state index contributed by atoms with van der Waals surface area (Å²) >= 11 is 3.23. The van der Waals surface area contributed by atoms with Crippen LogP contribution in [-0.4, -0.2) is 20.8 Å². The number of benzene rings is 1. The first-order chi connectivity index (χ1) is 8.00. The van der Waals surface area contributed by atoms with Crippen molar-refractivity contribution in [2.75, 3.05) is 0 Å². The summed E-state index contributed by atoms with van der Waals surface area (Å²) in [5.41, 5.74) is 3.39. The van der Waals surface area contributed by atoms with Crippen molar-refractivity contribution in [3.8, 4) is 0 Å². The number of ketones is 1. The predicted octanol–water partition coefficient (Wildman–Crippen LogP) is 2.43. The Morgan fingerprint density at radius 3 is 2.53 bits per heavy atom. The SMILES string of the molecule is Cc1ccc(C(=O)c2c(Br)nnn2C)cc1C. The molecule has 0 fully saturated rings. The van der Waals surface area contributed by atoms with Crippen molar-refractivity contribution in [3.63, 3.8) is 0 Å². The number of rotatable bonds is 2. The van der Waals surface area contributed by atoms with E-state index in [-0.39, 0.29) is 5.78 Å². The van der Waals surface area contributed by atoms with Crippen molar-refractivity contribution in [1.29, 1.82) is 0 Å². The van der Waals surface area contributed by atoms with Gasteiger partial charge in [0.25, 0.3) is 0 Å². The van der Waals surface area contributed by atoms with Gasteiger partial charge in [-0.2, -0.15) is 0 Å². The van der Waals surface area contributed by atoms with Gasteiger partial charge in [0.15, 0.2) is 4.60 Å². The lowest BCUT2D eigenvalue weighted by Gasteiger charge is -2.04. The number of hydrogen-bond donors (Lipinski definition) is 0. The fourth-order valence-corrected chi connectivity index (χ4v) is 2.10. The molecular formula is C12H12BrN3O. The average molecular weight is 294 g/mol. The molecule has 88 valence electrons. The molecule has 0 saturated heterocycles. The van der Waals surface area contributed by atoms with Crippen LogP contribution >= 0.6 is 15.9 Å². The summed E-state index contributed by atoms with van der Waals surface area (Å²) in [6.45, 7) is 4.01. The molecule has 0 atom stereocenters. The molecule has 1 aromatic carbocycles. The van der Waals surface area contributed by atoms with E-state index in [1.165, 1.54) is 10.2 Å². The molecule has 1 heterocycles. The van der Waals surface area contributed by atoms with Gasteiger partial charge < -0.3 is 0 Å². The molecule has 2 rings (SSSR count). The molecule has 0 unspecified atom stereocenters. The first-order valence-electron chi connectivity index (χ1n) is 5.18. The Hall–Kier alpha value is -1.49. The Balaban J connectivity index is 2.48. The molecule has 0 aliphatic carbocycles. The lowest BCUT2D eigenvalue weighted by molar-refractivity contribution is 0.102. The minimum absolute atomic E-state index is 0.0764. The minimum Gasteiger partial charge on any atom is -0.287 e. The molecule has 1 aromatic heterocycles. The van der Waals surface area contributed by atoms with E-state index in [1.807, 2.05) is 32.0 Å². The Labute approximate surface area is 108 Å². The van der Waals surface area contributed by atoms with Crippen LogP contribution in [0, 0.1) is 13.8 Å². The topological polar surface area (TPSA) is 47.8 Å². The maximum atomic E-state index is 12.3. The molecule has 0 bridgehead atoms.